The monoisotopic (exact) mass is 335 g/mol. The number of anilines is 1. The van der Waals surface area contributed by atoms with Crippen LogP contribution in [0.2, 0.25) is 0 Å². The summed E-state index contributed by atoms with van der Waals surface area (Å²) in [6, 6.07) is 12.2. The van der Waals surface area contributed by atoms with Crippen molar-refractivity contribution < 1.29 is 27.8 Å². The van der Waals surface area contributed by atoms with Crippen molar-refractivity contribution in [2.24, 2.45) is 0 Å². The molecule has 2 aromatic rings. The first-order valence-corrected chi connectivity index (χ1v) is 7.06. The van der Waals surface area contributed by atoms with Crippen LogP contribution in [0.1, 0.15) is 17.3 Å². The molecular formula is C17H15F2NO4. The average Bonchev–Trinajstić information content (AvgIpc) is 2.56. The van der Waals surface area contributed by atoms with E-state index in [-0.39, 0.29) is 11.4 Å². The van der Waals surface area contributed by atoms with Crippen molar-refractivity contribution in [2.45, 2.75) is 19.6 Å². The van der Waals surface area contributed by atoms with E-state index in [9.17, 15) is 18.4 Å². The lowest BCUT2D eigenvalue weighted by atomic mass is 10.2. The molecule has 1 N–H and O–H groups in total. The summed E-state index contributed by atoms with van der Waals surface area (Å²) in [6.07, 6.45) is -0.248. The third kappa shape index (κ3) is 4.77. The molecule has 1 atom stereocenters. The Morgan fingerprint density at radius 2 is 1.88 bits per heavy atom. The fourth-order valence-electron chi connectivity index (χ4n) is 1.92. The van der Waals surface area contributed by atoms with Crippen molar-refractivity contribution in [1.29, 1.82) is 0 Å². The highest BCUT2D eigenvalue weighted by Gasteiger charge is 2.18. The molecule has 2 aromatic carbocycles. The normalized spacial score (nSPS) is 11.7. The molecule has 1 amide bonds. The Labute approximate surface area is 137 Å². The summed E-state index contributed by atoms with van der Waals surface area (Å²) >= 11 is 0. The summed E-state index contributed by atoms with van der Waals surface area (Å²) in [4.78, 5) is 22.9. The molecule has 0 saturated carbocycles. The van der Waals surface area contributed by atoms with Crippen LogP contribution in [0.5, 0.6) is 11.5 Å². The van der Waals surface area contributed by atoms with E-state index in [1.165, 1.54) is 31.2 Å². The minimum atomic E-state index is -3.00. The minimum Gasteiger partial charge on any atom is -0.481 e. The van der Waals surface area contributed by atoms with Crippen LogP contribution in [-0.2, 0) is 4.79 Å². The van der Waals surface area contributed by atoms with Gasteiger partial charge in [-0.3, -0.25) is 9.59 Å². The van der Waals surface area contributed by atoms with E-state index >= 15 is 0 Å². The van der Waals surface area contributed by atoms with Gasteiger partial charge in [-0.15, -0.1) is 0 Å². The molecule has 0 aliphatic heterocycles. The molecule has 0 bridgehead atoms. The number of hydrogen-bond donors (Lipinski definition) is 1. The molecule has 0 aromatic heterocycles. The van der Waals surface area contributed by atoms with E-state index < -0.39 is 18.6 Å². The second-order valence-electron chi connectivity index (χ2n) is 4.81. The highest BCUT2D eigenvalue weighted by Crippen LogP contribution is 2.26. The van der Waals surface area contributed by atoms with E-state index in [4.69, 9.17) is 4.74 Å². The first kappa shape index (κ1) is 17.4. The lowest BCUT2D eigenvalue weighted by Gasteiger charge is -2.16. The Bertz CT molecular complexity index is 721. The molecule has 24 heavy (non-hydrogen) atoms. The number of hydrogen-bond acceptors (Lipinski definition) is 4. The lowest BCUT2D eigenvalue weighted by molar-refractivity contribution is -0.122. The van der Waals surface area contributed by atoms with Crippen molar-refractivity contribution in [3.8, 4) is 11.5 Å². The Kier molecular flexibility index (Phi) is 5.83. The van der Waals surface area contributed by atoms with Crippen LogP contribution in [0.15, 0.2) is 48.5 Å². The van der Waals surface area contributed by atoms with Crippen LogP contribution < -0.4 is 14.8 Å². The number of benzene rings is 2. The number of alkyl halides is 2. The van der Waals surface area contributed by atoms with Crippen molar-refractivity contribution >= 4 is 17.9 Å². The Hall–Kier alpha value is -2.96. The van der Waals surface area contributed by atoms with Crippen LogP contribution >= 0.6 is 0 Å². The van der Waals surface area contributed by atoms with Gasteiger partial charge in [0.1, 0.15) is 17.8 Å². The van der Waals surface area contributed by atoms with Gasteiger partial charge < -0.3 is 14.8 Å². The molecule has 0 radical (unpaired) electrons. The molecule has 0 saturated heterocycles. The van der Waals surface area contributed by atoms with Crippen molar-refractivity contribution in [3.63, 3.8) is 0 Å². The maximum absolute atomic E-state index is 12.4. The fraction of sp³-hybridized carbons (Fsp3) is 0.176. The smallest absolute Gasteiger partial charge is 0.387 e. The van der Waals surface area contributed by atoms with Crippen LogP contribution in [0.3, 0.4) is 0 Å². The Morgan fingerprint density at radius 3 is 2.58 bits per heavy atom. The summed E-state index contributed by atoms with van der Waals surface area (Å²) in [5, 5.41) is 2.47. The molecule has 0 fully saturated rings. The maximum Gasteiger partial charge on any atom is 0.387 e. The number of nitrogens with one attached hydrogen (secondary N) is 1. The van der Waals surface area contributed by atoms with Crippen LogP contribution in [0.4, 0.5) is 14.5 Å². The van der Waals surface area contributed by atoms with Crippen molar-refractivity contribution in [1.82, 2.24) is 0 Å². The third-order valence-corrected chi connectivity index (χ3v) is 3.04. The first-order valence-electron chi connectivity index (χ1n) is 7.06. The highest BCUT2D eigenvalue weighted by atomic mass is 19.3. The number of rotatable bonds is 7. The average molecular weight is 335 g/mol. The predicted molar refractivity (Wildman–Crippen MR) is 83.6 cm³/mol. The zero-order valence-electron chi connectivity index (χ0n) is 12.7. The summed E-state index contributed by atoms with van der Waals surface area (Å²) in [5.41, 5.74) is 0.524. The Balaban J connectivity index is 2.05. The number of amides is 1. The van der Waals surface area contributed by atoms with Gasteiger partial charge in [-0.1, -0.05) is 24.3 Å². The fourth-order valence-corrected chi connectivity index (χ4v) is 1.92. The second-order valence-corrected chi connectivity index (χ2v) is 4.81. The SMILES string of the molecule is CC(Oc1cccc(C=O)c1)C(=O)Nc1ccccc1OC(F)F. The minimum absolute atomic E-state index is 0.111. The van der Waals surface area contributed by atoms with Gasteiger partial charge in [0.15, 0.2) is 6.10 Å². The summed E-state index contributed by atoms with van der Waals surface area (Å²) < 4.78 is 34.5. The van der Waals surface area contributed by atoms with Crippen LogP contribution in [0, 0.1) is 0 Å². The zero-order chi connectivity index (χ0) is 17.5. The number of carbonyl (C=O) groups excluding carboxylic acids is 2. The second kappa shape index (κ2) is 8.05. The largest absolute Gasteiger partial charge is 0.481 e. The van der Waals surface area contributed by atoms with Crippen LogP contribution in [-0.4, -0.2) is 24.9 Å². The van der Waals surface area contributed by atoms with E-state index in [0.717, 1.165) is 0 Å². The summed E-state index contributed by atoms with van der Waals surface area (Å²) in [7, 11) is 0. The zero-order valence-corrected chi connectivity index (χ0v) is 12.7. The van der Waals surface area contributed by atoms with Crippen LogP contribution in [0.25, 0.3) is 0 Å². The van der Waals surface area contributed by atoms with E-state index in [1.807, 2.05) is 0 Å². The van der Waals surface area contributed by atoms with Gasteiger partial charge >= 0.3 is 6.61 Å². The molecule has 2 rings (SSSR count). The highest BCUT2D eigenvalue weighted by molar-refractivity contribution is 5.95. The maximum atomic E-state index is 12.4. The van der Waals surface area contributed by atoms with Gasteiger partial charge in [-0.25, -0.2) is 0 Å². The molecule has 7 heteroatoms. The molecule has 5 nitrogen and oxygen atoms in total. The number of halogens is 2. The Morgan fingerprint density at radius 1 is 1.12 bits per heavy atom. The number of aldehydes is 1. The van der Waals surface area contributed by atoms with Crippen molar-refractivity contribution in [2.75, 3.05) is 5.32 Å². The number of para-hydroxylation sites is 2. The van der Waals surface area contributed by atoms with Gasteiger partial charge in [0.25, 0.3) is 5.91 Å². The molecule has 0 aliphatic rings. The number of carbonyl (C=O) groups is 2. The standard InChI is InChI=1S/C17H15F2NO4/c1-11(23-13-6-4-5-12(9-13)10-21)16(22)20-14-7-2-3-8-15(14)24-17(18)19/h2-11,17H,1H3,(H,20,22). The van der Waals surface area contributed by atoms with E-state index in [0.29, 0.717) is 17.6 Å². The summed E-state index contributed by atoms with van der Waals surface area (Å²) in [5.74, 6) is -0.341. The van der Waals surface area contributed by atoms with Gasteiger partial charge in [0.05, 0.1) is 5.69 Å². The molecule has 0 spiro atoms. The van der Waals surface area contributed by atoms with E-state index in [2.05, 4.69) is 10.1 Å². The van der Waals surface area contributed by atoms with Gasteiger partial charge in [-0.2, -0.15) is 8.78 Å². The molecule has 126 valence electrons. The topological polar surface area (TPSA) is 64.6 Å². The van der Waals surface area contributed by atoms with Crippen molar-refractivity contribution in [3.05, 3.63) is 54.1 Å². The number of ether oxygens (including phenoxy) is 2. The molecule has 1 unspecified atom stereocenters. The van der Waals surface area contributed by atoms with Gasteiger partial charge in [-0.05, 0) is 31.2 Å². The molecule has 0 heterocycles. The molecular weight excluding hydrogens is 320 g/mol. The van der Waals surface area contributed by atoms with Gasteiger partial charge in [0.2, 0.25) is 0 Å². The van der Waals surface area contributed by atoms with Gasteiger partial charge in [0, 0.05) is 5.56 Å². The summed E-state index contributed by atoms with van der Waals surface area (Å²) in [6.45, 7) is -1.50. The van der Waals surface area contributed by atoms with E-state index in [1.54, 1.807) is 24.3 Å². The lowest BCUT2D eigenvalue weighted by Crippen LogP contribution is -2.30. The quantitative estimate of drug-likeness (QED) is 0.787. The molecule has 0 aliphatic carbocycles. The predicted octanol–water partition coefficient (Wildman–Crippen LogP) is 3.51. The third-order valence-electron chi connectivity index (χ3n) is 3.04. The first-order chi connectivity index (χ1) is 11.5.